The number of halogens is 1. The van der Waals surface area contributed by atoms with Crippen LogP contribution in [0.2, 0.25) is 5.02 Å². The molecule has 10 nitrogen and oxygen atoms in total. The summed E-state index contributed by atoms with van der Waals surface area (Å²) >= 11 is 6.04. The van der Waals surface area contributed by atoms with Crippen molar-refractivity contribution < 1.29 is 22.4 Å². The van der Waals surface area contributed by atoms with Crippen molar-refractivity contribution in [3.63, 3.8) is 0 Å². The van der Waals surface area contributed by atoms with Crippen molar-refractivity contribution in [1.82, 2.24) is 24.8 Å². The van der Waals surface area contributed by atoms with Gasteiger partial charge in [0.25, 0.3) is 5.89 Å². The van der Waals surface area contributed by atoms with Gasteiger partial charge in [0.05, 0.1) is 17.1 Å². The number of carbonyl (C=O) groups excluding carboxylic acids is 2. The first kappa shape index (κ1) is 24.7. The molecule has 2 unspecified atom stereocenters. The molecule has 5 rings (SSSR count). The summed E-state index contributed by atoms with van der Waals surface area (Å²) in [5.41, 5.74) is 0.722. The number of aromatic nitrogens is 1. The van der Waals surface area contributed by atoms with Crippen molar-refractivity contribution in [3.8, 4) is 0 Å². The lowest BCUT2D eigenvalue weighted by Crippen LogP contribution is -2.61. The first-order valence-corrected chi connectivity index (χ1v) is 13.4. The summed E-state index contributed by atoms with van der Waals surface area (Å²) in [5.74, 6) is -0.491. The predicted octanol–water partition coefficient (Wildman–Crippen LogP) is 1.78. The van der Waals surface area contributed by atoms with E-state index in [1.807, 2.05) is 6.92 Å². The van der Waals surface area contributed by atoms with Crippen LogP contribution in [0.1, 0.15) is 29.1 Å². The summed E-state index contributed by atoms with van der Waals surface area (Å²) in [7, 11) is -2.48. The summed E-state index contributed by atoms with van der Waals surface area (Å²) in [5, 5.41) is 7.90. The Kier molecular flexibility index (Phi) is 6.50. The second-order valence-corrected chi connectivity index (χ2v) is 11.4. The van der Waals surface area contributed by atoms with Crippen LogP contribution in [0.15, 0.2) is 45.7 Å². The van der Waals surface area contributed by atoms with Gasteiger partial charge in [0.2, 0.25) is 15.9 Å². The number of sulfonamides is 1. The molecule has 0 saturated carbocycles. The zero-order chi connectivity index (χ0) is 25.6. The van der Waals surface area contributed by atoms with Crippen LogP contribution in [0, 0.1) is 0 Å². The SMILES string of the molecule is CNC(=O)C1CN(S(=O)(=O)c2ccc3cc(Cl)ccc3c2)CCN1C(=O)c1nc2c(o1)CNC(C)C2. The first-order chi connectivity index (χ1) is 17.2. The largest absolute Gasteiger partial charge is 0.436 e. The molecule has 0 aliphatic carbocycles. The molecule has 1 aromatic heterocycles. The van der Waals surface area contributed by atoms with E-state index >= 15 is 0 Å². The Hall–Kier alpha value is -2.99. The van der Waals surface area contributed by atoms with Crippen molar-refractivity contribution in [1.29, 1.82) is 0 Å². The molecular formula is C24H26ClN5O5S. The van der Waals surface area contributed by atoms with Crippen LogP contribution in [-0.4, -0.2) is 73.2 Å². The molecule has 0 bridgehead atoms. The molecule has 2 aliphatic heterocycles. The highest BCUT2D eigenvalue weighted by molar-refractivity contribution is 7.89. The first-order valence-electron chi connectivity index (χ1n) is 11.6. The fourth-order valence-electron chi connectivity index (χ4n) is 4.64. The lowest BCUT2D eigenvalue weighted by Gasteiger charge is -2.39. The average molecular weight is 532 g/mol. The van der Waals surface area contributed by atoms with Gasteiger partial charge >= 0.3 is 5.91 Å². The third-order valence-electron chi connectivity index (χ3n) is 6.64. The van der Waals surface area contributed by atoms with Gasteiger partial charge in [0.15, 0.2) is 0 Å². The summed E-state index contributed by atoms with van der Waals surface area (Å²) in [6, 6.07) is 9.19. The molecule has 2 amide bonds. The van der Waals surface area contributed by atoms with Gasteiger partial charge in [-0.3, -0.25) is 9.59 Å². The van der Waals surface area contributed by atoms with E-state index in [0.29, 0.717) is 23.7 Å². The second kappa shape index (κ2) is 9.47. The van der Waals surface area contributed by atoms with Gasteiger partial charge in [-0.1, -0.05) is 23.7 Å². The molecule has 3 aromatic rings. The van der Waals surface area contributed by atoms with Gasteiger partial charge in [-0.15, -0.1) is 0 Å². The van der Waals surface area contributed by atoms with Gasteiger partial charge in [-0.05, 0) is 42.0 Å². The molecule has 1 fully saturated rings. The average Bonchev–Trinajstić information content (AvgIpc) is 3.30. The molecule has 2 aromatic carbocycles. The number of amides is 2. The molecule has 36 heavy (non-hydrogen) atoms. The molecule has 2 atom stereocenters. The number of oxazole rings is 1. The summed E-state index contributed by atoms with van der Waals surface area (Å²) < 4.78 is 33.9. The van der Waals surface area contributed by atoms with Gasteiger partial charge < -0.3 is 20.0 Å². The fraction of sp³-hybridized carbons (Fsp3) is 0.375. The summed E-state index contributed by atoms with van der Waals surface area (Å²) in [6.45, 7) is 2.34. The number of nitrogens with zero attached hydrogens (tertiary/aromatic N) is 3. The quantitative estimate of drug-likeness (QED) is 0.525. The predicted molar refractivity (Wildman–Crippen MR) is 133 cm³/mol. The molecule has 2 aliphatic rings. The van der Waals surface area contributed by atoms with Crippen molar-refractivity contribution in [3.05, 3.63) is 58.8 Å². The number of piperazine rings is 1. The Labute approximate surface area is 213 Å². The zero-order valence-corrected chi connectivity index (χ0v) is 21.4. The molecule has 2 N–H and O–H groups in total. The van der Waals surface area contributed by atoms with Crippen molar-refractivity contribution in [2.24, 2.45) is 0 Å². The van der Waals surface area contributed by atoms with E-state index in [-0.39, 0.29) is 36.5 Å². The lowest BCUT2D eigenvalue weighted by atomic mass is 10.1. The number of fused-ring (bicyclic) bond motifs is 2. The normalized spacial score (nSPS) is 20.8. The number of likely N-dealkylation sites (N-methyl/N-ethyl adjacent to an activating group) is 1. The van der Waals surface area contributed by atoms with Crippen LogP contribution < -0.4 is 10.6 Å². The second-order valence-electron chi connectivity index (χ2n) is 9.02. The minimum absolute atomic E-state index is 0.0149. The van der Waals surface area contributed by atoms with E-state index in [9.17, 15) is 18.0 Å². The minimum Gasteiger partial charge on any atom is -0.436 e. The third kappa shape index (κ3) is 4.47. The molecule has 0 spiro atoms. The smallest absolute Gasteiger partial charge is 0.310 e. The van der Waals surface area contributed by atoms with Crippen LogP contribution in [-0.2, 0) is 27.8 Å². The fourth-order valence-corrected chi connectivity index (χ4v) is 6.29. The van der Waals surface area contributed by atoms with Crippen LogP contribution >= 0.6 is 11.6 Å². The van der Waals surface area contributed by atoms with Crippen LogP contribution in [0.25, 0.3) is 10.8 Å². The molecule has 1 saturated heterocycles. The van der Waals surface area contributed by atoms with E-state index in [2.05, 4.69) is 15.6 Å². The maximum atomic E-state index is 13.5. The Bertz CT molecular complexity index is 1460. The zero-order valence-electron chi connectivity index (χ0n) is 19.8. The molecule has 3 heterocycles. The molecule has 12 heteroatoms. The van der Waals surface area contributed by atoms with Gasteiger partial charge in [0.1, 0.15) is 11.8 Å². The minimum atomic E-state index is -3.93. The highest BCUT2D eigenvalue weighted by atomic mass is 35.5. The summed E-state index contributed by atoms with van der Waals surface area (Å²) in [4.78, 5) is 31.9. The van der Waals surface area contributed by atoms with Crippen molar-refractivity contribution in [2.75, 3.05) is 26.7 Å². The van der Waals surface area contributed by atoms with Crippen LogP contribution in [0.5, 0.6) is 0 Å². The maximum Gasteiger partial charge on any atom is 0.310 e. The third-order valence-corrected chi connectivity index (χ3v) is 8.73. The number of carbonyl (C=O) groups is 2. The lowest BCUT2D eigenvalue weighted by molar-refractivity contribution is -0.126. The van der Waals surface area contributed by atoms with Crippen molar-refractivity contribution >= 4 is 44.2 Å². The Balaban J connectivity index is 1.40. The molecule has 0 radical (unpaired) electrons. The van der Waals surface area contributed by atoms with E-state index in [0.717, 1.165) is 16.5 Å². The van der Waals surface area contributed by atoms with E-state index in [1.54, 1.807) is 30.3 Å². The Morgan fingerprint density at radius 1 is 1.17 bits per heavy atom. The van der Waals surface area contributed by atoms with E-state index in [1.165, 1.54) is 22.3 Å². The molecule has 190 valence electrons. The summed E-state index contributed by atoms with van der Waals surface area (Å²) in [6.07, 6.45) is 0.634. The molecular weight excluding hydrogens is 506 g/mol. The highest BCUT2D eigenvalue weighted by Crippen LogP contribution is 2.27. The van der Waals surface area contributed by atoms with Gasteiger partial charge in [-0.25, -0.2) is 13.4 Å². The van der Waals surface area contributed by atoms with Crippen LogP contribution in [0.4, 0.5) is 0 Å². The topological polar surface area (TPSA) is 125 Å². The van der Waals surface area contributed by atoms with Gasteiger partial charge in [0, 0.05) is 44.2 Å². The number of nitrogens with one attached hydrogen (secondary N) is 2. The number of rotatable bonds is 4. The number of benzene rings is 2. The Morgan fingerprint density at radius 2 is 1.92 bits per heavy atom. The van der Waals surface area contributed by atoms with Crippen LogP contribution in [0.3, 0.4) is 0 Å². The standard InChI is InChI=1S/C24H26ClN5O5S/c1-14-9-19-21(12-27-14)35-23(28-19)24(32)30-8-7-29(13-20(30)22(31)26-2)36(33,34)18-6-4-15-10-17(25)5-3-16(15)11-18/h3-6,10-11,14,20,27H,7-9,12-13H2,1-2H3,(H,26,31). The van der Waals surface area contributed by atoms with E-state index in [4.69, 9.17) is 16.0 Å². The Morgan fingerprint density at radius 3 is 2.69 bits per heavy atom. The van der Waals surface area contributed by atoms with E-state index < -0.39 is 27.9 Å². The van der Waals surface area contributed by atoms with Crippen molar-refractivity contribution in [2.45, 2.75) is 36.9 Å². The number of hydrogen-bond acceptors (Lipinski definition) is 7. The number of hydrogen-bond donors (Lipinski definition) is 2. The highest BCUT2D eigenvalue weighted by Gasteiger charge is 2.41. The maximum absolute atomic E-state index is 13.5. The monoisotopic (exact) mass is 531 g/mol. The van der Waals surface area contributed by atoms with Gasteiger partial charge in [-0.2, -0.15) is 4.31 Å².